The van der Waals surface area contributed by atoms with E-state index in [2.05, 4.69) is 27.3 Å². The number of rotatable bonds is 2. The van der Waals surface area contributed by atoms with E-state index in [0.29, 0.717) is 11.6 Å². The number of carbonyl (C=O) groups is 1. The Hall–Kier alpha value is -3.14. The van der Waals surface area contributed by atoms with Gasteiger partial charge in [0.15, 0.2) is 0 Å². The number of aromatic nitrogens is 3. The minimum Gasteiger partial charge on any atom is -0.431 e. The molecule has 2 aliphatic rings. The van der Waals surface area contributed by atoms with Crippen LogP contribution >= 0.6 is 0 Å². The van der Waals surface area contributed by atoms with Crippen molar-refractivity contribution in [3.05, 3.63) is 42.1 Å². The number of amides is 1. The minimum atomic E-state index is -4.79. The summed E-state index contributed by atoms with van der Waals surface area (Å²) in [4.78, 5) is 15.6. The molecule has 5 rings (SSSR count). The lowest BCUT2D eigenvalue weighted by Gasteiger charge is -2.30. The number of nitrogens with zero attached hydrogens (tertiary/aromatic N) is 3. The zero-order valence-electron chi connectivity index (χ0n) is 16.6. The fourth-order valence-electron chi connectivity index (χ4n) is 4.47. The first kappa shape index (κ1) is 19.8. The van der Waals surface area contributed by atoms with Gasteiger partial charge in [-0.15, -0.1) is 0 Å². The number of carbonyl (C=O) groups excluding carboxylic acids is 1. The molecule has 1 saturated heterocycles. The van der Waals surface area contributed by atoms with Gasteiger partial charge in [-0.1, -0.05) is 25.1 Å². The lowest BCUT2D eigenvalue weighted by Crippen LogP contribution is -2.36. The molecule has 162 valence electrons. The molecule has 0 aliphatic carbocycles. The number of benzene rings is 1. The normalized spacial score (nSPS) is 23.9. The van der Waals surface area contributed by atoms with Crippen LogP contribution in [0.5, 0.6) is 0 Å². The summed E-state index contributed by atoms with van der Waals surface area (Å²) in [6, 6.07) is 9.10. The highest BCUT2D eigenvalue weighted by molar-refractivity contribution is 5.97. The van der Waals surface area contributed by atoms with E-state index in [-0.39, 0.29) is 23.0 Å². The van der Waals surface area contributed by atoms with Gasteiger partial charge in [-0.25, -0.2) is 9.78 Å². The Balaban J connectivity index is 1.73. The van der Waals surface area contributed by atoms with Crippen molar-refractivity contribution in [1.29, 1.82) is 0 Å². The van der Waals surface area contributed by atoms with E-state index in [1.807, 2.05) is 28.9 Å². The second-order valence-corrected chi connectivity index (χ2v) is 7.92. The molecular weight excluding hydrogens is 411 g/mol. The number of hydrogen-bond acceptors (Lipinski definition) is 5. The first-order valence-corrected chi connectivity index (χ1v) is 10.1. The minimum absolute atomic E-state index is 0.118. The summed E-state index contributed by atoms with van der Waals surface area (Å²) in [6.07, 6.45) is -6.15. The summed E-state index contributed by atoms with van der Waals surface area (Å²) >= 11 is 0. The Labute approximate surface area is 175 Å². The molecule has 31 heavy (non-hydrogen) atoms. The van der Waals surface area contributed by atoms with E-state index in [1.54, 1.807) is 0 Å². The number of hydrogen-bond donors (Lipinski definition) is 2. The fourth-order valence-corrected chi connectivity index (χ4v) is 4.47. The Morgan fingerprint density at radius 2 is 2.03 bits per heavy atom. The molecule has 4 heterocycles. The summed E-state index contributed by atoms with van der Waals surface area (Å²) < 4.78 is 47.9. The van der Waals surface area contributed by atoms with Gasteiger partial charge in [-0.05, 0) is 37.6 Å². The molecule has 10 heteroatoms. The zero-order chi connectivity index (χ0) is 21.8. The van der Waals surface area contributed by atoms with Gasteiger partial charge in [0, 0.05) is 17.1 Å². The molecule has 1 fully saturated rings. The van der Waals surface area contributed by atoms with Gasteiger partial charge in [-0.2, -0.15) is 18.3 Å². The summed E-state index contributed by atoms with van der Waals surface area (Å²) in [5.41, 5.74) is 1.27. The predicted octanol–water partition coefficient (Wildman–Crippen LogP) is 4.43. The molecule has 2 aliphatic heterocycles. The van der Waals surface area contributed by atoms with E-state index in [4.69, 9.17) is 5.10 Å². The SMILES string of the molecule is C[C@H]1CNCC[C@@H]1n1nc(-c2ccnc3c2[C@H](C(F)(F)F)OC(=O)N3)c2ccccc21. The van der Waals surface area contributed by atoms with E-state index in [0.717, 1.165) is 30.4 Å². The largest absolute Gasteiger partial charge is 0.431 e. The van der Waals surface area contributed by atoms with Crippen molar-refractivity contribution in [3.8, 4) is 11.3 Å². The van der Waals surface area contributed by atoms with Crippen molar-refractivity contribution in [2.75, 3.05) is 18.4 Å². The Morgan fingerprint density at radius 1 is 1.23 bits per heavy atom. The van der Waals surface area contributed by atoms with E-state index < -0.39 is 18.4 Å². The molecule has 3 aromatic rings. The lowest BCUT2D eigenvalue weighted by atomic mass is 9.95. The third-order valence-electron chi connectivity index (χ3n) is 5.92. The number of para-hydroxylation sites is 1. The number of anilines is 1. The average Bonchev–Trinajstić information content (AvgIpc) is 3.11. The Bertz CT molecular complexity index is 1160. The molecule has 2 aromatic heterocycles. The van der Waals surface area contributed by atoms with Gasteiger partial charge in [0.25, 0.3) is 0 Å². The molecule has 2 N–H and O–H groups in total. The molecule has 3 atom stereocenters. The summed E-state index contributed by atoms with van der Waals surface area (Å²) in [7, 11) is 0. The van der Waals surface area contributed by atoms with Crippen LogP contribution in [-0.4, -0.2) is 40.1 Å². The van der Waals surface area contributed by atoms with E-state index >= 15 is 0 Å². The topological polar surface area (TPSA) is 81.1 Å². The highest BCUT2D eigenvalue weighted by Crippen LogP contribution is 2.46. The van der Waals surface area contributed by atoms with E-state index in [9.17, 15) is 18.0 Å². The van der Waals surface area contributed by atoms with Crippen molar-refractivity contribution in [1.82, 2.24) is 20.1 Å². The van der Waals surface area contributed by atoms with Gasteiger partial charge in [0.1, 0.15) is 11.5 Å². The zero-order valence-corrected chi connectivity index (χ0v) is 16.6. The number of piperidine rings is 1. The molecule has 0 saturated carbocycles. The van der Waals surface area contributed by atoms with Crippen molar-refractivity contribution in [2.24, 2.45) is 5.92 Å². The summed E-state index contributed by atoms with van der Waals surface area (Å²) in [5.74, 6) is 0.145. The molecule has 7 nitrogen and oxygen atoms in total. The van der Waals surface area contributed by atoms with Gasteiger partial charge in [-0.3, -0.25) is 10.00 Å². The van der Waals surface area contributed by atoms with Crippen LogP contribution in [0.4, 0.5) is 23.8 Å². The van der Waals surface area contributed by atoms with Gasteiger partial charge >= 0.3 is 12.3 Å². The first-order valence-electron chi connectivity index (χ1n) is 10.1. The highest BCUT2D eigenvalue weighted by atomic mass is 19.4. The molecule has 0 radical (unpaired) electrons. The number of cyclic esters (lactones) is 1. The molecule has 0 spiro atoms. The smallest absolute Gasteiger partial charge is 0.430 e. The average molecular weight is 431 g/mol. The maximum Gasteiger partial charge on any atom is 0.430 e. The van der Waals surface area contributed by atoms with Crippen LogP contribution < -0.4 is 10.6 Å². The van der Waals surface area contributed by atoms with E-state index in [1.165, 1.54) is 12.3 Å². The fraction of sp³-hybridized carbons (Fsp3) is 0.381. The van der Waals surface area contributed by atoms with Crippen molar-refractivity contribution >= 4 is 22.8 Å². The van der Waals surface area contributed by atoms with Crippen molar-refractivity contribution in [3.63, 3.8) is 0 Å². The highest BCUT2D eigenvalue weighted by Gasteiger charge is 2.49. The first-order chi connectivity index (χ1) is 14.8. The van der Waals surface area contributed by atoms with Crippen LogP contribution in [0, 0.1) is 5.92 Å². The lowest BCUT2D eigenvalue weighted by molar-refractivity contribution is -0.206. The van der Waals surface area contributed by atoms with Crippen LogP contribution in [0.2, 0.25) is 0 Å². The van der Waals surface area contributed by atoms with Gasteiger partial charge < -0.3 is 10.1 Å². The molecule has 1 amide bonds. The molecule has 0 unspecified atom stereocenters. The molecule has 1 aromatic carbocycles. The molecular formula is C21H20F3N5O2. The standard InChI is InChI=1S/C21H20F3N5O2/c1-11-10-25-8-7-14(11)29-15-5-3-2-4-12(15)17(28-29)13-6-9-26-19-16(13)18(21(22,23)24)31-20(30)27-19/h2-6,9,11,14,18,25H,7-8,10H2,1H3,(H,26,27,30)/t11-,14-,18+/m0/s1. The predicted molar refractivity (Wildman–Crippen MR) is 108 cm³/mol. The van der Waals surface area contributed by atoms with Crippen molar-refractivity contribution in [2.45, 2.75) is 31.7 Å². The Morgan fingerprint density at radius 3 is 2.81 bits per heavy atom. The Kier molecular flexibility index (Phi) is 4.62. The number of nitrogens with one attached hydrogen (secondary N) is 2. The maximum absolute atomic E-state index is 13.8. The second-order valence-electron chi connectivity index (χ2n) is 7.92. The maximum atomic E-state index is 13.8. The third-order valence-corrected chi connectivity index (χ3v) is 5.92. The molecule has 0 bridgehead atoms. The monoisotopic (exact) mass is 431 g/mol. The van der Waals surface area contributed by atoms with Crippen LogP contribution in [-0.2, 0) is 4.74 Å². The van der Waals surface area contributed by atoms with Crippen LogP contribution in [0.25, 0.3) is 22.2 Å². The third kappa shape index (κ3) is 3.31. The van der Waals surface area contributed by atoms with Crippen molar-refractivity contribution < 1.29 is 22.7 Å². The second kappa shape index (κ2) is 7.23. The summed E-state index contributed by atoms with van der Waals surface area (Å²) in [6.45, 7) is 3.82. The van der Waals surface area contributed by atoms with Crippen LogP contribution in [0.3, 0.4) is 0 Å². The van der Waals surface area contributed by atoms with Gasteiger partial charge in [0.05, 0.1) is 17.1 Å². The van der Waals surface area contributed by atoms with Gasteiger partial charge in [0.2, 0.25) is 6.10 Å². The number of alkyl halides is 3. The van der Waals surface area contributed by atoms with Crippen LogP contribution in [0.1, 0.15) is 31.1 Å². The van der Waals surface area contributed by atoms with Crippen LogP contribution in [0.15, 0.2) is 36.5 Å². The summed E-state index contributed by atoms with van der Waals surface area (Å²) in [5, 5.41) is 11.2. The number of halogens is 3. The number of ether oxygens (including phenoxy) is 1. The number of pyridine rings is 1. The quantitative estimate of drug-likeness (QED) is 0.627. The number of fused-ring (bicyclic) bond motifs is 2.